The van der Waals surface area contributed by atoms with Crippen molar-refractivity contribution in [3.05, 3.63) is 56.1 Å². The average Bonchev–Trinajstić information content (AvgIpc) is 2.33. The largest absolute Gasteiger partial charge is 0.489 e. The van der Waals surface area contributed by atoms with Gasteiger partial charge < -0.3 is 10.5 Å². The van der Waals surface area contributed by atoms with E-state index in [9.17, 15) is 0 Å². The van der Waals surface area contributed by atoms with Gasteiger partial charge in [0.2, 0.25) is 0 Å². The summed E-state index contributed by atoms with van der Waals surface area (Å²) >= 11 is 5.73. The van der Waals surface area contributed by atoms with Crippen LogP contribution in [0.15, 0.2) is 46.9 Å². The molecule has 0 unspecified atom stereocenters. The lowest BCUT2D eigenvalue weighted by atomic mass is 10.2. The summed E-state index contributed by atoms with van der Waals surface area (Å²) in [6.07, 6.45) is 0. The van der Waals surface area contributed by atoms with Crippen LogP contribution in [-0.4, -0.2) is 0 Å². The Labute approximate surface area is 122 Å². The first kappa shape index (κ1) is 12.7. The van der Waals surface area contributed by atoms with Crippen LogP contribution in [0, 0.1) is 3.57 Å². The Bertz CT molecular complexity index is 513. The standard InChI is InChI=1S/C13H11BrINO/c14-13-9(2-1-3-12(13)16)8-17-11-6-4-10(15)5-7-11/h1-7H,8,16H2. The zero-order valence-corrected chi connectivity index (χ0v) is 12.7. The van der Waals surface area contributed by atoms with Gasteiger partial charge in [-0.05, 0) is 68.9 Å². The van der Waals surface area contributed by atoms with Crippen LogP contribution >= 0.6 is 38.5 Å². The molecular weight excluding hydrogens is 393 g/mol. The van der Waals surface area contributed by atoms with Gasteiger partial charge in [-0.3, -0.25) is 0 Å². The van der Waals surface area contributed by atoms with Crippen molar-refractivity contribution in [2.24, 2.45) is 0 Å². The topological polar surface area (TPSA) is 35.2 Å². The van der Waals surface area contributed by atoms with Crippen molar-refractivity contribution in [1.82, 2.24) is 0 Å². The highest BCUT2D eigenvalue weighted by molar-refractivity contribution is 14.1. The highest BCUT2D eigenvalue weighted by Gasteiger charge is 2.03. The summed E-state index contributed by atoms with van der Waals surface area (Å²) < 4.78 is 7.80. The lowest BCUT2D eigenvalue weighted by molar-refractivity contribution is 0.305. The van der Waals surface area contributed by atoms with E-state index in [1.807, 2.05) is 42.5 Å². The van der Waals surface area contributed by atoms with Crippen LogP contribution < -0.4 is 10.5 Å². The zero-order chi connectivity index (χ0) is 12.3. The highest BCUT2D eigenvalue weighted by atomic mass is 127. The predicted octanol–water partition coefficient (Wildman–Crippen LogP) is 4.21. The Morgan fingerprint density at radius 3 is 2.53 bits per heavy atom. The molecule has 2 aromatic rings. The van der Waals surface area contributed by atoms with Gasteiger partial charge in [0.1, 0.15) is 12.4 Å². The molecule has 0 amide bonds. The molecule has 2 N–H and O–H groups in total. The van der Waals surface area contributed by atoms with Crippen LogP contribution in [0.25, 0.3) is 0 Å². The number of hydrogen-bond donors (Lipinski definition) is 1. The highest BCUT2D eigenvalue weighted by Crippen LogP contribution is 2.25. The molecule has 2 rings (SSSR count). The predicted molar refractivity (Wildman–Crippen MR) is 82.0 cm³/mol. The van der Waals surface area contributed by atoms with Gasteiger partial charge in [0, 0.05) is 19.3 Å². The molecule has 0 saturated carbocycles. The zero-order valence-electron chi connectivity index (χ0n) is 8.99. The summed E-state index contributed by atoms with van der Waals surface area (Å²) in [5.41, 5.74) is 7.58. The van der Waals surface area contributed by atoms with E-state index < -0.39 is 0 Å². The quantitative estimate of drug-likeness (QED) is 0.615. The number of benzene rings is 2. The van der Waals surface area contributed by atoms with Crippen molar-refractivity contribution in [3.8, 4) is 5.75 Å². The monoisotopic (exact) mass is 403 g/mol. The number of nitrogens with two attached hydrogens (primary N) is 1. The van der Waals surface area contributed by atoms with Gasteiger partial charge in [-0.15, -0.1) is 0 Å². The molecule has 2 aromatic carbocycles. The minimum atomic E-state index is 0.506. The second-order valence-corrected chi connectivity index (χ2v) is 5.60. The van der Waals surface area contributed by atoms with E-state index in [0.29, 0.717) is 6.61 Å². The summed E-state index contributed by atoms with van der Waals surface area (Å²) in [7, 11) is 0. The third kappa shape index (κ3) is 3.35. The molecule has 0 radical (unpaired) electrons. The number of anilines is 1. The van der Waals surface area contributed by atoms with Crippen molar-refractivity contribution in [2.75, 3.05) is 5.73 Å². The van der Waals surface area contributed by atoms with E-state index in [-0.39, 0.29) is 0 Å². The third-order valence-corrected chi connectivity index (χ3v) is 4.00. The molecule has 0 bridgehead atoms. The molecule has 88 valence electrons. The first-order valence-corrected chi connectivity index (χ1v) is 6.95. The SMILES string of the molecule is Nc1cccc(COc2ccc(I)cc2)c1Br. The fourth-order valence-electron chi connectivity index (χ4n) is 1.40. The van der Waals surface area contributed by atoms with Gasteiger partial charge in [0.05, 0.1) is 0 Å². The summed E-state index contributed by atoms with van der Waals surface area (Å²) in [6, 6.07) is 13.7. The van der Waals surface area contributed by atoms with Crippen LogP contribution in [0.1, 0.15) is 5.56 Å². The lowest BCUT2D eigenvalue weighted by Crippen LogP contribution is -1.98. The molecule has 0 aliphatic rings. The van der Waals surface area contributed by atoms with E-state index in [1.165, 1.54) is 3.57 Å². The molecule has 0 heterocycles. The fraction of sp³-hybridized carbons (Fsp3) is 0.0769. The lowest BCUT2D eigenvalue weighted by Gasteiger charge is -2.09. The molecule has 0 aromatic heterocycles. The smallest absolute Gasteiger partial charge is 0.119 e. The van der Waals surface area contributed by atoms with Crippen LogP contribution in [-0.2, 0) is 6.61 Å². The van der Waals surface area contributed by atoms with Crippen LogP contribution in [0.3, 0.4) is 0 Å². The number of nitrogen functional groups attached to an aromatic ring is 1. The summed E-state index contributed by atoms with van der Waals surface area (Å²) in [5, 5.41) is 0. The maximum atomic E-state index is 5.81. The van der Waals surface area contributed by atoms with Crippen LogP contribution in [0.4, 0.5) is 5.69 Å². The Morgan fingerprint density at radius 1 is 1.12 bits per heavy atom. The average molecular weight is 404 g/mol. The molecule has 0 aliphatic carbocycles. The van der Waals surface area contributed by atoms with E-state index in [2.05, 4.69) is 38.5 Å². The van der Waals surface area contributed by atoms with Crippen molar-refractivity contribution in [1.29, 1.82) is 0 Å². The maximum Gasteiger partial charge on any atom is 0.119 e. The van der Waals surface area contributed by atoms with Gasteiger partial charge >= 0.3 is 0 Å². The van der Waals surface area contributed by atoms with Gasteiger partial charge in [-0.25, -0.2) is 0 Å². The van der Waals surface area contributed by atoms with E-state index in [4.69, 9.17) is 10.5 Å². The number of hydrogen-bond acceptors (Lipinski definition) is 2. The molecule has 0 spiro atoms. The van der Waals surface area contributed by atoms with E-state index in [1.54, 1.807) is 0 Å². The minimum Gasteiger partial charge on any atom is -0.489 e. The van der Waals surface area contributed by atoms with Crippen molar-refractivity contribution < 1.29 is 4.74 Å². The first-order valence-electron chi connectivity index (χ1n) is 5.08. The molecule has 0 fully saturated rings. The molecule has 2 nitrogen and oxygen atoms in total. The normalized spacial score (nSPS) is 10.2. The Kier molecular flexibility index (Phi) is 4.28. The molecule has 17 heavy (non-hydrogen) atoms. The number of rotatable bonds is 3. The number of halogens is 2. The van der Waals surface area contributed by atoms with Crippen LogP contribution in [0.5, 0.6) is 5.75 Å². The Balaban J connectivity index is 2.07. The van der Waals surface area contributed by atoms with Gasteiger partial charge in [0.15, 0.2) is 0 Å². The van der Waals surface area contributed by atoms with E-state index in [0.717, 1.165) is 21.5 Å². The van der Waals surface area contributed by atoms with Crippen molar-refractivity contribution in [2.45, 2.75) is 6.61 Å². The summed E-state index contributed by atoms with van der Waals surface area (Å²) in [6.45, 7) is 0.506. The molecule has 0 saturated heterocycles. The third-order valence-electron chi connectivity index (χ3n) is 2.32. The van der Waals surface area contributed by atoms with E-state index >= 15 is 0 Å². The van der Waals surface area contributed by atoms with Gasteiger partial charge in [0.25, 0.3) is 0 Å². The van der Waals surface area contributed by atoms with Gasteiger partial charge in [-0.1, -0.05) is 12.1 Å². The molecule has 0 atom stereocenters. The number of ether oxygens (including phenoxy) is 1. The molecular formula is C13H11BrINO. The van der Waals surface area contributed by atoms with Crippen molar-refractivity contribution in [3.63, 3.8) is 0 Å². The second kappa shape index (κ2) is 5.73. The second-order valence-electron chi connectivity index (χ2n) is 3.56. The summed E-state index contributed by atoms with van der Waals surface area (Å²) in [4.78, 5) is 0. The molecule has 0 aliphatic heterocycles. The van der Waals surface area contributed by atoms with Crippen LogP contribution in [0.2, 0.25) is 0 Å². The summed E-state index contributed by atoms with van der Waals surface area (Å²) in [5.74, 6) is 0.861. The van der Waals surface area contributed by atoms with Gasteiger partial charge in [-0.2, -0.15) is 0 Å². The van der Waals surface area contributed by atoms with Crippen molar-refractivity contribution >= 4 is 44.2 Å². The minimum absolute atomic E-state index is 0.506. The maximum absolute atomic E-state index is 5.81. The first-order chi connectivity index (χ1) is 8.16. The fourth-order valence-corrected chi connectivity index (χ4v) is 2.14. The Hall–Kier alpha value is -0.750. The Morgan fingerprint density at radius 2 is 1.82 bits per heavy atom. The molecule has 4 heteroatoms.